The predicted octanol–water partition coefficient (Wildman–Crippen LogP) is 4.95. The van der Waals surface area contributed by atoms with Crippen molar-refractivity contribution in [3.63, 3.8) is 0 Å². The molecule has 3 rings (SSSR count). The first-order valence-electron chi connectivity index (χ1n) is 10.1. The van der Waals surface area contributed by atoms with E-state index in [1.54, 1.807) is 7.11 Å². The number of carbonyl (C=O) groups excluding carboxylic acids is 1. The lowest BCUT2D eigenvalue weighted by molar-refractivity contribution is -0.274. The van der Waals surface area contributed by atoms with Crippen LogP contribution in [0.15, 0.2) is 42.5 Å². The number of amides is 2. The van der Waals surface area contributed by atoms with E-state index in [4.69, 9.17) is 4.74 Å². The van der Waals surface area contributed by atoms with Crippen LogP contribution in [0, 0.1) is 0 Å². The number of hydrogen-bond donors (Lipinski definition) is 1. The third kappa shape index (κ3) is 7.93. The quantitative estimate of drug-likeness (QED) is 0.434. The number of rotatable bonds is 9. The SMILES string of the molecule is COc1ccc(CCNC(=O)N(CCN(C)C)c2nc3ccc(OC(F)(F)F)cc3s2)cc1.Cl. The number of anilines is 1. The summed E-state index contributed by atoms with van der Waals surface area (Å²) in [5.74, 6) is 0.436. The van der Waals surface area contributed by atoms with Crippen molar-refractivity contribution in [3.05, 3.63) is 48.0 Å². The summed E-state index contributed by atoms with van der Waals surface area (Å²) < 4.78 is 47.2. The van der Waals surface area contributed by atoms with Crippen LogP contribution in [0.3, 0.4) is 0 Å². The number of ether oxygens (including phenoxy) is 2. The number of alkyl halides is 3. The van der Waals surface area contributed by atoms with E-state index in [0.29, 0.717) is 41.4 Å². The molecule has 0 aliphatic heterocycles. The second-order valence-electron chi connectivity index (χ2n) is 7.46. The van der Waals surface area contributed by atoms with E-state index in [-0.39, 0.29) is 24.2 Å². The zero-order chi connectivity index (χ0) is 24.0. The van der Waals surface area contributed by atoms with Gasteiger partial charge in [-0.15, -0.1) is 25.6 Å². The monoisotopic (exact) mass is 518 g/mol. The van der Waals surface area contributed by atoms with Gasteiger partial charge in [-0.2, -0.15) is 0 Å². The first kappa shape index (κ1) is 27.5. The van der Waals surface area contributed by atoms with Gasteiger partial charge in [-0.1, -0.05) is 23.5 Å². The molecule has 0 bridgehead atoms. The lowest BCUT2D eigenvalue weighted by atomic mass is 10.1. The molecule has 0 atom stereocenters. The highest BCUT2D eigenvalue weighted by Crippen LogP contribution is 2.33. The minimum atomic E-state index is -4.78. The fraction of sp³-hybridized carbons (Fsp3) is 0.364. The number of carbonyl (C=O) groups is 1. The maximum atomic E-state index is 12.9. The van der Waals surface area contributed by atoms with E-state index in [1.807, 2.05) is 43.3 Å². The molecule has 0 saturated heterocycles. The summed E-state index contributed by atoms with van der Waals surface area (Å²) in [6.45, 7) is 1.37. The van der Waals surface area contributed by atoms with Gasteiger partial charge >= 0.3 is 12.4 Å². The van der Waals surface area contributed by atoms with E-state index in [2.05, 4.69) is 15.0 Å². The third-order valence-electron chi connectivity index (χ3n) is 4.68. The van der Waals surface area contributed by atoms with Crippen LogP contribution in [0.4, 0.5) is 23.1 Å². The molecule has 0 saturated carbocycles. The summed E-state index contributed by atoms with van der Waals surface area (Å²) in [4.78, 5) is 20.8. The Bertz CT molecular complexity index is 1080. The topological polar surface area (TPSA) is 66.9 Å². The Morgan fingerprint density at radius 1 is 1.09 bits per heavy atom. The summed E-state index contributed by atoms with van der Waals surface area (Å²) in [5, 5.41) is 3.30. The Balaban J connectivity index is 0.00000408. The number of aromatic nitrogens is 1. The van der Waals surface area contributed by atoms with Gasteiger partial charge in [-0.05, 0) is 50.3 Å². The van der Waals surface area contributed by atoms with E-state index >= 15 is 0 Å². The summed E-state index contributed by atoms with van der Waals surface area (Å²) in [7, 11) is 5.38. The van der Waals surface area contributed by atoms with Gasteiger partial charge in [0.15, 0.2) is 5.13 Å². The zero-order valence-electron chi connectivity index (χ0n) is 18.9. The second-order valence-corrected chi connectivity index (χ2v) is 8.47. The van der Waals surface area contributed by atoms with Gasteiger partial charge in [0.25, 0.3) is 0 Å². The van der Waals surface area contributed by atoms with Crippen molar-refractivity contribution < 1.29 is 27.4 Å². The highest BCUT2D eigenvalue weighted by molar-refractivity contribution is 7.22. The van der Waals surface area contributed by atoms with Gasteiger partial charge < -0.3 is 19.7 Å². The number of nitrogens with one attached hydrogen (secondary N) is 1. The van der Waals surface area contributed by atoms with Gasteiger partial charge in [0.2, 0.25) is 0 Å². The molecule has 0 aliphatic carbocycles. The van der Waals surface area contributed by atoms with Crippen molar-refractivity contribution in [3.8, 4) is 11.5 Å². The minimum absolute atomic E-state index is 0. The second kappa shape index (κ2) is 12.1. The van der Waals surface area contributed by atoms with Crippen LogP contribution >= 0.6 is 23.7 Å². The molecule has 34 heavy (non-hydrogen) atoms. The Morgan fingerprint density at radius 3 is 2.38 bits per heavy atom. The predicted molar refractivity (Wildman–Crippen MR) is 130 cm³/mol. The maximum Gasteiger partial charge on any atom is 0.573 e. The fourth-order valence-electron chi connectivity index (χ4n) is 2.99. The first-order valence-corrected chi connectivity index (χ1v) is 11.0. The van der Waals surface area contributed by atoms with Gasteiger partial charge in [-0.3, -0.25) is 4.90 Å². The van der Waals surface area contributed by atoms with Crippen molar-refractivity contribution in [2.24, 2.45) is 0 Å². The van der Waals surface area contributed by atoms with Crippen LogP contribution in [0.5, 0.6) is 11.5 Å². The molecule has 0 fully saturated rings. The molecule has 186 valence electrons. The Morgan fingerprint density at radius 2 is 1.76 bits per heavy atom. The normalized spacial score (nSPS) is 11.3. The van der Waals surface area contributed by atoms with Crippen LogP contribution in [-0.4, -0.2) is 63.1 Å². The summed E-state index contributed by atoms with van der Waals surface area (Å²) >= 11 is 1.13. The molecular formula is C22H26ClF3N4O3S. The number of urea groups is 1. The number of methoxy groups -OCH3 is 1. The van der Waals surface area contributed by atoms with Crippen molar-refractivity contribution in [2.45, 2.75) is 12.8 Å². The Kier molecular flexibility index (Phi) is 9.77. The molecule has 3 aromatic rings. The largest absolute Gasteiger partial charge is 0.573 e. The average Bonchev–Trinajstić information content (AvgIpc) is 3.16. The number of likely N-dealkylation sites (N-methyl/N-ethyl adjacent to an activating group) is 1. The lowest BCUT2D eigenvalue weighted by Crippen LogP contribution is -2.43. The summed E-state index contributed by atoms with van der Waals surface area (Å²) in [6.07, 6.45) is -4.14. The smallest absolute Gasteiger partial charge is 0.497 e. The van der Waals surface area contributed by atoms with Crippen LogP contribution in [0.1, 0.15) is 5.56 Å². The Labute approximate surface area is 205 Å². The number of halogens is 4. The summed E-state index contributed by atoms with van der Waals surface area (Å²) in [5.41, 5.74) is 1.54. The van der Waals surface area contributed by atoms with Gasteiger partial charge in [0.1, 0.15) is 11.5 Å². The average molecular weight is 519 g/mol. The van der Waals surface area contributed by atoms with Crippen LogP contribution in [-0.2, 0) is 6.42 Å². The maximum absolute atomic E-state index is 12.9. The fourth-order valence-corrected chi connectivity index (χ4v) is 4.01. The van der Waals surface area contributed by atoms with Crippen molar-refractivity contribution in [1.82, 2.24) is 15.2 Å². The van der Waals surface area contributed by atoms with Crippen LogP contribution in [0.2, 0.25) is 0 Å². The third-order valence-corrected chi connectivity index (χ3v) is 5.72. The van der Waals surface area contributed by atoms with E-state index < -0.39 is 6.36 Å². The Hall–Kier alpha value is -2.76. The number of nitrogens with zero attached hydrogens (tertiary/aromatic N) is 3. The number of thiazole rings is 1. The standard InChI is InChI=1S/C22H25F3N4O3S.ClH/c1-28(2)12-13-29(20(30)26-11-10-15-4-6-16(31-3)7-5-15)21-27-18-9-8-17(14-19(18)33-21)32-22(23,24)25;/h4-9,14H,10-13H2,1-3H3,(H,26,30);1H. The molecule has 0 aliphatic rings. The zero-order valence-corrected chi connectivity index (χ0v) is 20.5. The molecule has 12 heteroatoms. The molecule has 7 nitrogen and oxygen atoms in total. The highest BCUT2D eigenvalue weighted by Gasteiger charge is 2.31. The van der Waals surface area contributed by atoms with E-state index in [9.17, 15) is 18.0 Å². The molecule has 0 radical (unpaired) electrons. The molecule has 0 unspecified atom stereocenters. The van der Waals surface area contributed by atoms with Gasteiger partial charge in [-0.25, -0.2) is 9.78 Å². The highest BCUT2D eigenvalue weighted by atomic mass is 35.5. The van der Waals surface area contributed by atoms with Gasteiger partial charge in [0.05, 0.1) is 17.3 Å². The van der Waals surface area contributed by atoms with E-state index in [1.165, 1.54) is 23.1 Å². The molecule has 2 amide bonds. The molecule has 1 heterocycles. The number of hydrogen-bond acceptors (Lipinski definition) is 6. The van der Waals surface area contributed by atoms with Crippen molar-refractivity contribution in [2.75, 3.05) is 45.7 Å². The van der Waals surface area contributed by atoms with Gasteiger partial charge in [0, 0.05) is 25.7 Å². The number of benzene rings is 2. The molecule has 1 aromatic heterocycles. The first-order chi connectivity index (χ1) is 15.6. The minimum Gasteiger partial charge on any atom is -0.497 e. The van der Waals surface area contributed by atoms with Crippen molar-refractivity contribution in [1.29, 1.82) is 0 Å². The molecule has 1 N–H and O–H groups in total. The van der Waals surface area contributed by atoms with Crippen LogP contribution in [0.25, 0.3) is 10.2 Å². The number of fused-ring (bicyclic) bond motifs is 1. The molecular weight excluding hydrogens is 493 g/mol. The summed E-state index contributed by atoms with van der Waals surface area (Å²) in [6, 6.07) is 11.2. The molecule has 2 aromatic carbocycles. The lowest BCUT2D eigenvalue weighted by Gasteiger charge is -2.22. The van der Waals surface area contributed by atoms with E-state index in [0.717, 1.165) is 22.6 Å². The van der Waals surface area contributed by atoms with Crippen LogP contribution < -0.4 is 19.7 Å². The van der Waals surface area contributed by atoms with Crippen molar-refractivity contribution >= 4 is 45.1 Å². The molecule has 0 spiro atoms.